The number of rotatable bonds is 5. The molecule has 0 amide bonds. The fourth-order valence-corrected chi connectivity index (χ4v) is 4.39. The summed E-state index contributed by atoms with van der Waals surface area (Å²) in [6, 6.07) is 7.39. The lowest BCUT2D eigenvalue weighted by Crippen LogP contribution is -2.42. The van der Waals surface area contributed by atoms with E-state index in [4.69, 9.17) is 4.74 Å². The smallest absolute Gasteiger partial charge is 0.333 e. The largest absolute Gasteiger partial charge is 0.421 e. The molecule has 8 nitrogen and oxygen atoms in total. The van der Waals surface area contributed by atoms with Crippen molar-refractivity contribution in [2.24, 2.45) is 14.1 Å². The number of hydrogen-bond acceptors (Lipinski definition) is 5. The Bertz CT molecular complexity index is 1340. The highest BCUT2D eigenvalue weighted by Gasteiger charge is 2.37. The molecule has 3 aromatic rings. The number of benzene rings is 1. The van der Waals surface area contributed by atoms with E-state index in [9.17, 15) is 14.4 Å². The molecular weight excluding hydrogens is 464 g/mol. The fourth-order valence-electron chi connectivity index (χ4n) is 3.98. The van der Waals surface area contributed by atoms with Crippen LogP contribution in [-0.2, 0) is 20.5 Å². The molecule has 0 aliphatic carbocycles. The second-order valence-electron chi connectivity index (χ2n) is 7.70. The van der Waals surface area contributed by atoms with Crippen molar-refractivity contribution < 1.29 is 4.74 Å². The molecule has 31 heavy (non-hydrogen) atoms. The second-order valence-corrected chi connectivity index (χ2v) is 8.62. The van der Waals surface area contributed by atoms with E-state index in [0.717, 1.165) is 33.9 Å². The summed E-state index contributed by atoms with van der Waals surface area (Å²) in [6.07, 6.45) is 3.58. The van der Waals surface area contributed by atoms with E-state index in [0.29, 0.717) is 12.2 Å². The van der Waals surface area contributed by atoms with Crippen LogP contribution in [0.2, 0.25) is 0 Å². The predicted molar refractivity (Wildman–Crippen MR) is 120 cm³/mol. The van der Waals surface area contributed by atoms with Crippen molar-refractivity contribution in [3.05, 3.63) is 82.4 Å². The standard InChI is InChI=1S/C22H23BrN4O4/c1-4-5-6-10-14-24-18(28)16-15(12-8-7-9-13(23)11-12)17-20(29)26(2)22(30)27(3)21(17)31-19(16)25-14/h7-9,11,15H,4-6,10H2,1-3H3,(H,24,25,28). The van der Waals surface area contributed by atoms with Crippen LogP contribution >= 0.6 is 15.9 Å². The number of aryl methyl sites for hydroxylation is 1. The highest BCUT2D eigenvalue weighted by molar-refractivity contribution is 9.10. The van der Waals surface area contributed by atoms with Gasteiger partial charge in [-0.05, 0) is 24.1 Å². The van der Waals surface area contributed by atoms with Crippen LogP contribution in [0.5, 0.6) is 11.8 Å². The topological polar surface area (TPSA) is 99.0 Å². The van der Waals surface area contributed by atoms with Gasteiger partial charge in [0.25, 0.3) is 11.1 Å². The van der Waals surface area contributed by atoms with Gasteiger partial charge in [-0.25, -0.2) is 4.79 Å². The molecular formula is C22H23BrN4O4. The fraction of sp³-hybridized carbons (Fsp3) is 0.364. The van der Waals surface area contributed by atoms with E-state index in [1.165, 1.54) is 11.6 Å². The Morgan fingerprint density at radius 3 is 2.61 bits per heavy atom. The summed E-state index contributed by atoms with van der Waals surface area (Å²) in [7, 11) is 2.96. The molecule has 0 saturated heterocycles. The quantitative estimate of drug-likeness (QED) is 0.437. The zero-order valence-corrected chi connectivity index (χ0v) is 19.2. The Morgan fingerprint density at radius 1 is 1.13 bits per heavy atom. The van der Waals surface area contributed by atoms with Crippen molar-refractivity contribution in [2.45, 2.75) is 38.5 Å². The number of H-pyrrole nitrogens is 1. The zero-order chi connectivity index (χ0) is 22.3. The molecule has 1 N–H and O–H groups in total. The molecule has 9 heteroatoms. The Balaban J connectivity index is 2.00. The van der Waals surface area contributed by atoms with Gasteiger partial charge in [0, 0.05) is 25.0 Å². The predicted octanol–water partition coefficient (Wildman–Crippen LogP) is 2.95. The molecule has 0 spiro atoms. The van der Waals surface area contributed by atoms with Crippen molar-refractivity contribution in [3.63, 3.8) is 0 Å². The minimum Gasteiger partial charge on any atom is -0.421 e. The van der Waals surface area contributed by atoms with Crippen LogP contribution in [0.15, 0.2) is 43.1 Å². The Labute approximate surface area is 186 Å². The van der Waals surface area contributed by atoms with Crippen molar-refractivity contribution >= 4 is 15.9 Å². The van der Waals surface area contributed by atoms with Crippen LogP contribution in [0.1, 0.15) is 54.6 Å². The number of ether oxygens (including phenoxy) is 1. The van der Waals surface area contributed by atoms with Gasteiger partial charge in [0.1, 0.15) is 5.82 Å². The van der Waals surface area contributed by atoms with E-state index in [1.807, 2.05) is 24.3 Å². The van der Waals surface area contributed by atoms with Crippen molar-refractivity contribution in [3.8, 4) is 11.8 Å². The summed E-state index contributed by atoms with van der Waals surface area (Å²) in [4.78, 5) is 46.3. The van der Waals surface area contributed by atoms with Crippen LogP contribution in [0, 0.1) is 0 Å². The van der Waals surface area contributed by atoms with Gasteiger partial charge in [0.2, 0.25) is 11.8 Å². The normalized spacial score (nSPS) is 14.6. The molecule has 1 aromatic carbocycles. The molecule has 2 aromatic heterocycles. The van der Waals surface area contributed by atoms with Crippen LogP contribution in [0.4, 0.5) is 0 Å². The third-order valence-corrected chi connectivity index (χ3v) is 6.08. The van der Waals surface area contributed by atoms with Crippen molar-refractivity contribution in [1.29, 1.82) is 0 Å². The first-order chi connectivity index (χ1) is 14.8. The molecule has 1 atom stereocenters. The lowest BCUT2D eigenvalue weighted by molar-refractivity contribution is 0.376. The summed E-state index contributed by atoms with van der Waals surface area (Å²) in [5, 5.41) is 0. The number of hydrogen-bond donors (Lipinski definition) is 1. The molecule has 0 bridgehead atoms. The third kappa shape index (κ3) is 3.67. The van der Waals surface area contributed by atoms with Gasteiger partial charge in [-0.3, -0.25) is 18.7 Å². The van der Waals surface area contributed by atoms with Gasteiger partial charge in [-0.2, -0.15) is 4.98 Å². The first kappa shape index (κ1) is 21.3. The lowest BCUT2D eigenvalue weighted by atomic mass is 9.85. The van der Waals surface area contributed by atoms with Gasteiger partial charge in [-0.15, -0.1) is 0 Å². The highest BCUT2D eigenvalue weighted by Crippen LogP contribution is 2.43. The number of nitrogens with zero attached hydrogens (tertiary/aromatic N) is 3. The maximum atomic E-state index is 13.2. The van der Waals surface area contributed by atoms with Gasteiger partial charge in [0.05, 0.1) is 17.0 Å². The number of nitrogens with one attached hydrogen (secondary N) is 1. The average molecular weight is 487 g/mol. The van der Waals surface area contributed by atoms with Gasteiger partial charge in [0.15, 0.2) is 0 Å². The third-order valence-electron chi connectivity index (χ3n) is 5.58. The molecule has 0 radical (unpaired) electrons. The van der Waals surface area contributed by atoms with E-state index in [1.54, 1.807) is 7.05 Å². The van der Waals surface area contributed by atoms with Crippen LogP contribution in [0.3, 0.4) is 0 Å². The Morgan fingerprint density at radius 2 is 1.90 bits per heavy atom. The van der Waals surface area contributed by atoms with E-state index in [2.05, 4.69) is 32.8 Å². The minimum atomic E-state index is -0.720. The number of halogens is 1. The summed E-state index contributed by atoms with van der Waals surface area (Å²) < 4.78 is 9.06. The second kappa shape index (κ2) is 8.30. The van der Waals surface area contributed by atoms with Gasteiger partial charge < -0.3 is 9.72 Å². The number of fused-ring (bicyclic) bond motifs is 2. The van der Waals surface area contributed by atoms with E-state index >= 15 is 0 Å². The molecule has 4 rings (SSSR count). The van der Waals surface area contributed by atoms with Crippen LogP contribution in [-0.4, -0.2) is 19.1 Å². The number of unbranched alkanes of at least 4 members (excludes halogenated alkanes) is 2. The van der Waals surface area contributed by atoms with Crippen LogP contribution < -0.4 is 21.5 Å². The molecule has 1 aliphatic heterocycles. The summed E-state index contributed by atoms with van der Waals surface area (Å²) in [6.45, 7) is 2.10. The van der Waals surface area contributed by atoms with E-state index in [-0.39, 0.29) is 28.4 Å². The Kier molecular flexibility index (Phi) is 5.70. The molecule has 1 unspecified atom stereocenters. The highest BCUT2D eigenvalue weighted by atomic mass is 79.9. The molecule has 162 valence electrons. The first-order valence-corrected chi connectivity index (χ1v) is 11.0. The maximum absolute atomic E-state index is 13.2. The SMILES string of the molecule is CCCCCc1nc2c(c(=O)[nH]1)C(c1cccc(Br)c1)c1c(n(C)c(=O)n(C)c1=O)O2. The number of aromatic amines is 1. The number of aromatic nitrogens is 4. The lowest BCUT2D eigenvalue weighted by Gasteiger charge is -2.28. The minimum absolute atomic E-state index is 0.114. The molecule has 3 heterocycles. The average Bonchev–Trinajstić information content (AvgIpc) is 2.75. The summed E-state index contributed by atoms with van der Waals surface area (Å²) in [5.74, 6) is 0.0596. The van der Waals surface area contributed by atoms with Gasteiger partial charge in [-0.1, -0.05) is 47.8 Å². The Hall–Kier alpha value is -2.94. The first-order valence-electron chi connectivity index (χ1n) is 10.2. The maximum Gasteiger partial charge on any atom is 0.333 e. The van der Waals surface area contributed by atoms with Crippen molar-refractivity contribution in [1.82, 2.24) is 19.1 Å². The zero-order valence-electron chi connectivity index (χ0n) is 17.6. The van der Waals surface area contributed by atoms with E-state index < -0.39 is 17.2 Å². The summed E-state index contributed by atoms with van der Waals surface area (Å²) >= 11 is 3.46. The van der Waals surface area contributed by atoms with Crippen molar-refractivity contribution in [2.75, 3.05) is 0 Å². The molecule has 0 fully saturated rings. The summed E-state index contributed by atoms with van der Waals surface area (Å²) in [5.41, 5.74) is -0.125. The van der Waals surface area contributed by atoms with Crippen LogP contribution in [0.25, 0.3) is 0 Å². The monoisotopic (exact) mass is 486 g/mol. The van der Waals surface area contributed by atoms with Gasteiger partial charge >= 0.3 is 5.69 Å². The molecule has 0 saturated carbocycles. The molecule has 1 aliphatic rings.